The first kappa shape index (κ1) is 26.3. The molecule has 4 unspecified atom stereocenters. The van der Waals surface area contributed by atoms with Gasteiger partial charge in [-0.2, -0.15) is 0 Å². The summed E-state index contributed by atoms with van der Waals surface area (Å²) in [6.07, 6.45) is 11.7. The van der Waals surface area contributed by atoms with Crippen LogP contribution in [0.5, 0.6) is 5.75 Å². The summed E-state index contributed by atoms with van der Waals surface area (Å²) in [5.74, 6) is 0.744. The fourth-order valence-corrected chi connectivity index (χ4v) is 7.19. The summed E-state index contributed by atoms with van der Waals surface area (Å²) in [5.41, 5.74) is 1.47. The summed E-state index contributed by atoms with van der Waals surface area (Å²) in [4.78, 5) is 0.591. The van der Waals surface area contributed by atoms with Crippen LogP contribution in [0, 0.1) is 5.92 Å². The van der Waals surface area contributed by atoms with E-state index >= 15 is 0 Å². The van der Waals surface area contributed by atoms with Crippen molar-refractivity contribution in [1.29, 1.82) is 0 Å². The molecule has 11 heteroatoms. The number of hydrogen-bond donors (Lipinski definition) is 1. The topological polar surface area (TPSA) is 96.0 Å². The second-order valence-electron chi connectivity index (χ2n) is 8.50. The van der Waals surface area contributed by atoms with E-state index in [-0.39, 0.29) is 18.5 Å². The van der Waals surface area contributed by atoms with Gasteiger partial charge in [0.05, 0.1) is 24.3 Å². The summed E-state index contributed by atoms with van der Waals surface area (Å²) < 4.78 is 61.4. The van der Waals surface area contributed by atoms with E-state index in [1.807, 2.05) is 24.3 Å². The third-order valence-electron chi connectivity index (χ3n) is 5.90. The number of ether oxygens (including phenoxy) is 1. The molecule has 4 rings (SSSR count). The molecule has 1 aliphatic heterocycles. The Morgan fingerprint density at radius 1 is 1.06 bits per heavy atom. The lowest BCUT2D eigenvalue weighted by atomic mass is 9.98. The Balaban J connectivity index is 1.61. The van der Waals surface area contributed by atoms with Crippen molar-refractivity contribution in [2.24, 2.45) is 5.92 Å². The maximum Gasteiger partial charge on any atom is 0.209 e. The van der Waals surface area contributed by atoms with Gasteiger partial charge >= 0.3 is 0 Å². The first-order chi connectivity index (χ1) is 17.2. The minimum Gasteiger partial charge on any atom is -0.497 e. The summed E-state index contributed by atoms with van der Waals surface area (Å²) in [5, 5.41) is 0.479. The second-order valence-corrected chi connectivity index (χ2v) is 13.2. The van der Waals surface area contributed by atoms with Gasteiger partial charge in [0.2, 0.25) is 10.0 Å². The predicted octanol–water partition coefficient (Wildman–Crippen LogP) is 3.23. The number of benzene rings is 2. The van der Waals surface area contributed by atoms with Crippen LogP contribution in [0.1, 0.15) is 12.0 Å². The van der Waals surface area contributed by atoms with E-state index in [1.54, 1.807) is 71.3 Å². The molecule has 2 aromatic rings. The first-order valence-corrected chi connectivity index (χ1v) is 15.4. The Bertz CT molecular complexity index is 1340. The van der Waals surface area contributed by atoms with E-state index in [0.717, 1.165) is 18.2 Å². The van der Waals surface area contributed by atoms with Crippen molar-refractivity contribution < 1.29 is 21.6 Å². The highest BCUT2D eigenvalue weighted by molar-refractivity contribution is 7.92. The van der Waals surface area contributed by atoms with Crippen molar-refractivity contribution >= 4 is 37.7 Å². The molecule has 2 aliphatic rings. The molecule has 0 saturated carbocycles. The molecule has 0 fully saturated rings. The Morgan fingerprint density at radius 3 is 2.36 bits per heavy atom. The highest BCUT2D eigenvalue weighted by atomic mass is 32.2. The number of hydrogen-bond acceptors (Lipinski definition) is 5. The van der Waals surface area contributed by atoms with Gasteiger partial charge in [-0.25, -0.2) is 21.6 Å². The lowest BCUT2D eigenvalue weighted by molar-refractivity contribution is 0.404. The molecule has 0 saturated heterocycles. The standard InChI is InChI=1S/C25H29N3O5S3/c1-27(21-10-8-19(9-11-21)18-26-36(3,31)32)35(30)25-17-20-6-4-5-7-22(16-20)28(25)34(29)24-14-12-23(33-2)13-15-24/h4-15,17,20,22,26H,16,18H2,1-3H3. The second kappa shape index (κ2) is 11.1. The minimum atomic E-state index is -3.30. The molecule has 2 aromatic carbocycles. The largest absolute Gasteiger partial charge is 0.497 e. The van der Waals surface area contributed by atoms with Gasteiger partial charge in [0.1, 0.15) is 10.8 Å². The Hall–Kier alpha value is -2.73. The number of methoxy groups -OCH3 is 1. The van der Waals surface area contributed by atoms with Crippen molar-refractivity contribution in [3.05, 3.63) is 89.5 Å². The van der Waals surface area contributed by atoms with E-state index < -0.39 is 32.0 Å². The van der Waals surface area contributed by atoms with Gasteiger partial charge in [0.15, 0.2) is 22.0 Å². The number of allylic oxidation sites excluding steroid dienone is 4. The van der Waals surface area contributed by atoms with Crippen LogP contribution in [0.3, 0.4) is 0 Å². The maximum atomic E-state index is 13.9. The summed E-state index contributed by atoms with van der Waals surface area (Å²) in [7, 11) is -3.24. The molecule has 36 heavy (non-hydrogen) atoms. The van der Waals surface area contributed by atoms with Crippen LogP contribution in [0.2, 0.25) is 0 Å². The zero-order valence-corrected chi connectivity index (χ0v) is 22.7. The quantitative estimate of drug-likeness (QED) is 0.520. The number of nitrogens with one attached hydrogen (secondary N) is 1. The first-order valence-electron chi connectivity index (χ1n) is 11.3. The fraction of sp³-hybridized carbons (Fsp3) is 0.280. The average molecular weight is 548 g/mol. The van der Waals surface area contributed by atoms with Crippen molar-refractivity contribution in [3.63, 3.8) is 0 Å². The molecular formula is C25H29N3O5S3. The van der Waals surface area contributed by atoms with Gasteiger partial charge in [0.25, 0.3) is 0 Å². The molecule has 1 aliphatic carbocycles. The van der Waals surface area contributed by atoms with E-state index in [1.165, 1.54) is 0 Å². The van der Waals surface area contributed by atoms with Crippen LogP contribution >= 0.6 is 0 Å². The normalized spacial score (nSPS) is 20.9. The number of sulfonamides is 1. The fourth-order valence-electron chi connectivity index (χ4n) is 3.97. The Kier molecular flexibility index (Phi) is 8.13. The van der Waals surface area contributed by atoms with Crippen molar-refractivity contribution in [3.8, 4) is 5.75 Å². The molecule has 0 spiro atoms. The van der Waals surface area contributed by atoms with Gasteiger partial charge in [-0.05, 0) is 54.5 Å². The van der Waals surface area contributed by atoms with E-state index in [9.17, 15) is 16.8 Å². The van der Waals surface area contributed by atoms with Gasteiger partial charge in [0, 0.05) is 25.2 Å². The molecule has 2 bridgehead atoms. The molecular weight excluding hydrogens is 518 g/mol. The minimum absolute atomic E-state index is 0.0749. The van der Waals surface area contributed by atoms with E-state index in [4.69, 9.17) is 4.74 Å². The van der Waals surface area contributed by atoms with Gasteiger partial charge in [-0.15, -0.1) is 0 Å². The summed E-state index contributed by atoms with van der Waals surface area (Å²) in [6, 6.07) is 14.0. The van der Waals surface area contributed by atoms with Gasteiger partial charge in [-0.3, -0.25) is 8.61 Å². The van der Waals surface area contributed by atoms with Crippen LogP contribution in [0.15, 0.2) is 88.8 Å². The number of rotatable bonds is 9. The Labute approximate surface area is 217 Å². The third kappa shape index (κ3) is 6.15. The molecule has 0 amide bonds. The van der Waals surface area contributed by atoms with Crippen molar-refractivity contribution in [2.75, 3.05) is 24.7 Å². The van der Waals surface area contributed by atoms with E-state index in [2.05, 4.69) is 10.8 Å². The smallest absolute Gasteiger partial charge is 0.209 e. The third-order valence-corrected chi connectivity index (χ3v) is 9.58. The van der Waals surface area contributed by atoms with Crippen molar-refractivity contribution in [1.82, 2.24) is 9.03 Å². The molecule has 8 nitrogen and oxygen atoms in total. The van der Waals surface area contributed by atoms with Gasteiger partial charge in [-0.1, -0.05) is 36.4 Å². The zero-order valence-electron chi connectivity index (χ0n) is 20.2. The highest BCUT2D eigenvalue weighted by Crippen LogP contribution is 2.35. The number of fused-ring (bicyclic) bond motifs is 2. The molecule has 0 radical (unpaired) electrons. The monoisotopic (exact) mass is 547 g/mol. The van der Waals surface area contributed by atoms with Crippen LogP contribution in [0.4, 0.5) is 5.69 Å². The molecule has 1 N–H and O–H groups in total. The SMILES string of the molecule is COc1ccc(S(=O)N2C(S(=O)N(C)c3ccc(CNS(C)(=O)=O)cc3)=CC3C=CC=CC2C3)cc1. The lowest BCUT2D eigenvalue weighted by Gasteiger charge is -2.37. The number of nitrogens with zero attached hydrogens (tertiary/aromatic N) is 2. The number of anilines is 1. The molecule has 0 aromatic heterocycles. The highest BCUT2D eigenvalue weighted by Gasteiger charge is 2.36. The van der Waals surface area contributed by atoms with Crippen LogP contribution in [-0.2, 0) is 38.5 Å². The van der Waals surface area contributed by atoms with Crippen LogP contribution in [0.25, 0.3) is 0 Å². The van der Waals surface area contributed by atoms with Crippen LogP contribution in [-0.4, -0.2) is 47.6 Å². The molecule has 192 valence electrons. The summed E-state index contributed by atoms with van der Waals surface area (Å²) in [6.45, 7) is 0.174. The lowest BCUT2D eigenvalue weighted by Crippen LogP contribution is -2.42. The molecule has 1 heterocycles. The van der Waals surface area contributed by atoms with Gasteiger partial charge < -0.3 is 4.74 Å². The maximum absolute atomic E-state index is 13.9. The zero-order chi connectivity index (χ0) is 25.9. The average Bonchev–Trinajstić information content (AvgIpc) is 3.07. The summed E-state index contributed by atoms with van der Waals surface area (Å²) >= 11 is 0. The van der Waals surface area contributed by atoms with Crippen molar-refractivity contribution in [2.45, 2.75) is 23.9 Å². The van der Waals surface area contributed by atoms with E-state index in [0.29, 0.717) is 21.4 Å². The Morgan fingerprint density at radius 2 is 1.72 bits per heavy atom. The molecule has 4 atom stereocenters. The predicted molar refractivity (Wildman–Crippen MR) is 144 cm³/mol. The van der Waals surface area contributed by atoms with Crippen LogP contribution < -0.4 is 13.8 Å².